The second-order valence-corrected chi connectivity index (χ2v) is 8.68. The number of amides is 1. The third-order valence-corrected chi connectivity index (χ3v) is 6.42. The summed E-state index contributed by atoms with van der Waals surface area (Å²) in [7, 11) is 0. The first-order valence-electron chi connectivity index (χ1n) is 10.9. The summed E-state index contributed by atoms with van der Waals surface area (Å²) in [4.78, 5) is 32.9. The normalized spacial score (nSPS) is 16.0. The molecule has 1 unspecified atom stereocenters. The van der Waals surface area contributed by atoms with Crippen LogP contribution in [-0.4, -0.2) is 21.8 Å². The Bertz CT molecular complexity index is 1670. The van der Waals surface area contributed by atoms with Gasteiger partial charge in [-0.2, -0.15) is 0 Å². The quantitative estimate of drug-likeness (QED) is 0.300. The summed E-state index contributed by atoms with van der Waals surface area (Å²) in [5.74, 6) is -1.86. The van der Waals surface area contributed by atoms with Gasteiger partial charge in [-0.1, -0.05) is 54.1 Å². The number of aliphatic hydroxyl groups is 1. The maximum atomic E-state index is 13.7. The van der Waals surface area contributed by atoms with Crippen molar-refractivity contribution in [2.75, 3.05) is 4.90 Å². The maximum absolute atomic E-state index is 13.7. The Balaban J connectivity index is 1.54. The number of aliphatic hydroxyl groups excluding tert-OH is 1. The molecule has 3 aromatic carbocycles. The van der Waals surface area contributed by atoms with Crippen molar-refractivity contribution in [1.29, 1.82) is 0 Å². The third kappa shape index (κ3) is 3.38. The van der Waals surface area contributed by atoms with Crippen LogP contribution in [0.15, 0.2) is 107 Å². The van der Waals surface area contributed by atoms with E-state index in [2.05, 4.69) is 4.98 Å². The number of anilines is 1. The minimum Gasteiger partial charge on any atom is -0.503 e. The van der Waals surface area contributed by atoms with Gasteiger partial charge in [0, 0.05) is 28.2 Å². The van der Waals surface area contributed by atoms with Gasteiger partial charge in [-0.15, -0.1) is 0 Å². The Morgan fingerprint density at radius 3 is 2.63 bits per heavy atom. The molecule has 6 rings (SSSR count). The Hall–Kier alpha value is -4.42. The van der Waals surface area contributed by atoms with Crippen molar-refractivity contribution in [3.8, 4) is 0 Å². The molecule has 1 aliphatic rings. The number of Topliss-reactive ketones (excluding diaryl/α,β-unsaturated/α-hetero) is 1. The minimum absolute atomic E-state index is 0.00489. The number of ketones is 1. The molecule has 0 aliphatic carbocycles. The lowest BCUT2D eigenvalue weighted by atomic mass is 9.95. The predicted octanol–water partition coefficient (Wildman–Crippen LogP) is 6.42. The van der Waals surface area contributed by atoms with Crippen LogP contribution in [0.2, 0.25) is 5.02 Å². The number of hydrogen-bond acceptors (Lipinski definition) is 5. The van der Waals surface area contributed by atoms with Crippen molar-refractivity contribution >= 4 is 50.7 Å². The summed E-state index contributed by atoms with van der Waals surface area (Å²) in [6.07, 6.45) is 3.19. The molecule has 0 spiro atoms. The fourth-order valence-electron chi connectivity index (χ4n) is 4.62. The van der Waals surface area contributed by atoms with E-state index < -0.39 is 23.5 Å². The van der Waals surface area contributed by atoms with Crippen LogP contribution in [0.5, 0.6) is 0 Å². The van der Waals surface area contributed by atoms with E-state index in [0.29, 0.717) is 27.2 Å². The molecule has 2 aromatic heterocycles. The molecule has 5 aromatic rings. The molecule has 1 N–H and O–H groups in total. The molecular weight excluding hydrogens is 464 g/mol. The van der Waals surface area contributed by atoms with Crippen molar-refractivity contribution in [1.82, 2.24) is 4.98 Å². The molecule has 35 heavy (non-hydrogen) atoms. The number of furan rings is 1. The van der Waals surface area contributed by atoms with Crippen LogP contribution in [-0.2, 0) is 4.79 Å². The monoisotopic (exact) mass is 480 g/mol. The lowest BCUT2D eigenvalue weighted by molar-refractivity contribution is -0.117. The highest BCUT2D eigenvalue weighted by Gasteiger charge is 2.45. The fourth-order valence-corrected chi connectivity index (χ4v) is 4.80. The van der Waals surface area contributed by atoms with Gasteiger partial charge in [-0.25, -0.2) is 0 Å². The number of carbonyl (C=O) groups is 2. The number of rotatable bonds is 4. The van der Waals surface area contributed by atoms with Gasteiger partial charge in [-0.05, 0) is 47.3 Å². The van der Waals surface area contributed by atoms with Crippen LogP contribution in [0.3, 0.4) is 0 Å². The fraction of sp³-hybridized carbons (Fsp3) is 0.0357. The van der Waals surface area contributed by atoms with E-state index in [1.165, 1.54) is 4.90 Å². The van der Waals surface area contributed by atoms with Crippen LogP contribution >= 0.6 is 11.6 Å². The number of pyridine rings is 1. The van der Waals surface area contributed by atoms with E-state index >= 15 is 0 Å². The predicted molar refractivity (Wildman–Crippen MR) is 134 cm³/mol. The topological polar surface area (TPSA) is 83.6 Å². The molecule has 0 saturated heterocycles. The van der Waals surface area contributed by atoms with E-state index in [9.17, 15) is 14.7 Å². The van der Waals surface area contributed by atoms with Crippen molar-refractivity contribution in [2.45, 2.75) is 6.04 Å². The van der Waals surface area contributed by atoms with Crippen LogP contribution < -0.4 is 4.90 Å². The summed E-state index contributed by atoms with van der Waals surface area (Å²) in [5, 5.41) is 13.9. The Labute approximate surface area is 204 Å². The molecule has 3 heterocycles. The highest BCUT2D eigenvalue weighted by Crippen LogP contribution is 2.44. The van der Waals surface area contributed by atoms with Crippen molar-refractivity contribution in [3.63, 3.8) is 0 Å². The highest BCUT2D eigenvalue weighted by molar-refractivity contribution is 6.31. The van der Waals surface area contributed by atoms with Gasteiger partial charge in [-0.3, -0.25) is 19.5 Å². The summed E-state index contributed by atoms with van der Waals surface area (Å²) >= 11 is 6.08. The maximum Gasteiger partial charge on any atom is 0.294 e. The molecule has 0 bridgehead atoms. The zero-order valence-electron chi connectivity index (χ0n) is 18.2. The van der Waals surface area contributed by atoms with E-state index in [4.69, 9.17) is 16.0 Å². The van der Waals surface area contributed by atoms with E-state index in [1.54, 1.807) is 54.9 Å². The van der Waals surface area contributed by atoms with Gasteiger partial charge >= 0.3 is 0 Å². The van der Waals surface area contributed by atoms with Gasteiger partial charge in [0.2, 0.25) is 5.78 Å². The Morgan fingerprint density at radius 1 is 0.971 bits per heavy atom. The van der Waals surface area contributed by atoms with Crippen molar-refractivity contribution < 1.29 is 19.1 Å². The molecule has 1 aliphatic heterocycles. The first-order valence-corrected chi connectivity index (χ1v) is 11.3. The summed E-state index contributed by atoms with van der Waals surface area (Å²) in [6.45, 7) is 0. The second-order valence-electron chi connectivity index (χ2n) is 8.25. The number of hydrogen-bond donors (Lipinski definition) is 1. The Kier molecular flexibility index (Phi) is 4.90. The number of halogens is 1. The van der Waals surface area contributed by atoms with Crippen LogP contribution in [0.25, 0.3) is 21.7 Å². The van der Waals surface area contributed by atoms with Crippen LogP contribution in [0.4, 0.5) is 5.69 Å². The van der Waals surface area contributed by atoms with Gasteiger partial charge in [0.25, 0.3) is 5.91 Å². The summed E-state index contributed by atoms with van der Waals surface area (Å²) in [6, 6.07) is 22.4. The average molecular weight is 481 g/mol. The number of benzene rings is 3. The van der Waals surface area contributed by atoms with Gasteiger partial charge < -0.3 is 9.52 Å². The molecule has 0 saturated carbocycles. The SMILES string of the molecule is O=C(C1=C(O)C(=O)N(c2cccc3ccccc23)C1c1cccnc1)c1cc2cc(Cl)ccc2o1. The zero-order valence-corrected chi connectivity index (χ0v) is 18.9. The molecule has 1 amide bonds. The largest absolute Gasteiger partial charge is 0.503 e. The molecule has 6 nitrogen and oxygen atoms in total. The number of aromatic nitrogens is 1. The van der Waals surface area contributed by atoms with Crippen LogP contribution in [0, 0.1) is 0 Å². The zero-order chi connectivity index (χ0) is 24.1. The molecule has 170 valence electrons. The number of nitrogens with zero attached hydrogens (tertiary/aromatic N) is 2. The molecule has 7 heteroatoms. The highest BCUT2D eigenvalue weighted by atomic mass is 35.5. The summed E-state index contributed by atoms with van der Waals surface area (Å²) < 4.78 is 5.78. The van der Waals surface area contributed by atoms with E-state index in [-0.39, 0.29) is 11.3 Å². The molecule has 1 atom stereocenters. The van der Waals surface area contributed by atoms with Gasteiger partial charge in [0.05, 0.1) is 17.3 Å². The lowest BCUT2D eigenvalue weighted by Crippen LogP contribution is -2.31. The summed E-state index contributed by atoms with van der Waals surface area (Å²) in [5.41, 5.74) is 1.57. The van der Waals surface area contributed by atoms with Crippen molar-refractivity contribution in [3.05, 3.63) is 119 Å². The average Bonchev–Trinajstić information content (AvgIpc) is 3.42. The smallest absolute Gasteiger partial charge is 0.294 e. The van der Waals surface area contributed by atoms with Crippen LogP contribution in [0.1, 0.15) is 22.2 Å². The lowest BCUT2D eigenvalue weighted by Gasteiger charge is -2.27. The van der Waals surface area contributed by atoms with Gasteiger partial charge in [0.1, 0.15) is 5.58 Å². The van der Waals surface area contributed by atoms with E-state index in [0.717, 1.165) is 10.8 Å². The first-order chi connectivity index (χ1) is 17.0. The second kappa shape index (κ2) is 8.11. The third-order valence-electron chi connectivity index (χ3n) is 6.18. The molecule has 0 radical (unpaired) electrons. The Morgan fingerprint density at radius 2 is 1.80 bits per heavy atom. The van der Waals surface area contributed by atoms with Gasteiger partial charge in [0.15, 0.2) is 11.5 Å². The molecule has 0 fully saturated rings. The van der Waals surface area contributed by atoms with Crippen molar-refractivity contribution in [2.24, 2.45) is 0 Å². The van der Waals surface area contributed by atoms with E-state index in [1.807, 2.05) is 36.4 Å². The number of fused-ring (bicyclic) bond motifs is 2. The minimum atomic E-state index is -0.897. The molecular formula is C28H17ClN2O4. The standard InChI is InChI=1S/C28H17ClN2O4/c29-19-10-11-22-18(13-19)14-23(35-22)26(32)24-25(17-7-4-12-30-15-17)31(28(34)27(24)33)21-9-3-6-16-5-1-2-8-20(16)21/h1-15,25,33H. The first kappa shape index (κ1) is 21.1. The number of carbonyl (C=O) groups excluding carboxylic acids is 2.